The highest BCUT2D eigenvalue weighted by molar-refractivity contribution is 4.98. The molecule has 2 aliphatic heterocycles. The summed E-state index contributed by atoms with van der Waals surface area (Å²) in [5.74, 6) is 0.869. The van der Waals surface area contributed by atoms with Crippen LogP contribution in [0.3, 0.4) is 0 Å². The van der Waals surface area contributed by atoms with Gasteiger partial charge in [-0.25, -0.2) is 0 Å². The topological polar surface area (TPSA) is 38.5 Å². The van der Waals surface area contributed by atoms with Crippen LogP contribution in [-0.4, -0.2) is 42.8 Å². The molecule has 2 heterocycles. The van der Waals surface area contributed by atoms with E-state index in [4.69, 9.17) is 10.5 Å². The lowest BCUT2D eigenvalue weighted by molar-refractivity contribution is 0.00757. The summed E-state index contributed by atoms with van der Waals surface area (Å²) in [6.45, 7) is 8.35. The molecule has 2 rings (SSSR count). The summed E-state index contributed by atoms with van der Waals surface area (Å²) in [6.07, 6.45) is 3.73. The van der Waals surface area contributed by atoms with Crippen molar-refractivity contribution in [2.24, 2.45) is 11.7 Å². The first-order chi connectivity index (χ1) is 7.18. The minimum Gasteiger partial charge on any atom is -0.379 e. The number of rotatable bonds is 2. The second-order valence-corrected chi connectivity index (χ2v) is 5.40. The third-order valence-corrected chi connectivity index (χ3v) is 4.21. The molecule has 3 atom stereocenters. The maximum atomic E-state index is 5.97. The zero-order chi connectivity index (χ0) is 10.9. The molecule has 2 aliphatic rings. The minimum absolute atomic E-state index is 0.152. The Morgan fingerprint density at radius 1 is 1.47 bits per heavy atom. The molecule has 0 aromatic heterocycles. The number of hydrogen-bond acceptors (Lipinski definition) is 3. The molecular weight excluding hydrogens is 188 g/mol. The maximum absolute atomic E-state index is 5.97. The van der Waals surface area contributed by atoms with Crippen LogP contribution in [0.2, 0.25) is 0 Å². The van der Waals surface area contributed by atoms with Crippen LogP contribution in [0.5, 0.6) is 0 Å². The molecular formula is C12H24N2O. The van der Waals surface area contributed by atoms with Gasteiger partial charge in [0.2, 0.25) is 0 Å². The van der Waals surface area contributed by atoms with E-state index in [9.17, 15) is 0 Å². The Balaban J connectivity index is 2.07. The van der Waals surface area contributed by atoms with Crippen LogP contribution in [0.1, 0.15) is 33.1 Å². The molecule has 3 unspecified atom stereocenters. The Kier molecular flexibility index (Phi) is 3.33. The van der Waals surface area contributed by atoms with Gasteiger partial charge in [0.15, 0.2) is 0 Å². The number of nitrogens with zero attached hydrogens (tertiary/aromatic N) is 1. The van der Waals surface area contributed by atoms with Crippen LogP contribution in [-0.2, 0) is 4.74 Å². The van der Waals surface area contributed by atoms with E-state index < -0.39 is 0 Å². The molecule has 0 amide bonds. The highest BCUT2D eigenvalue weighted by Gasteiger charge is 2.42. The Labute approximate surface area is 93.0 Å². The van der Waals surface area contributed by atoms with Crippen LogP contribution in [0, 0.1) is 5.92 Å². The number of piperidine rings is 1. The molecule has 88 valence electrons. The summed E-state index contributed by atoms with van der Waals surface area (Å²) in [5.41, 5.74) is 6.13. The fourth-order valence-corrected chi connectivity index (χ4v) is 3.21. The van der Waals surface area contributed by atoms with Gasteiger partial charge in [-0.3, -0.25) is 4.90 Å². The van der Waals surface area contributed by atoms with Crippen molar-refractivity contribution in [3.8, 4) is 0 Å². The molecule has 0 aromatic carbocycles. The third kappa shape index (κ3) is 2.05. The van der Waals surface area contributed by atoms with Gasteiger partial charge in [-0.15, -0.1) is 0 Å². The molecule has 2 saturated heterocycles. The van der Waals surface area contributed by atoms with Crippen molar-refractivity contribution in [3.05, 3.63) is 0 Å². The first kappa shape index (κ1) is 11.4. The Morgan fingerprint density at radius 3 is 2.80 bits per heavy atom. The first-order valence-electron chi connectivity index (χ1n) is 6.22. The van der Waals surface area contributed by atoms with Crippen molar-refractivity contribution in [1.29, 1.82) is 0 Å². The molecule has 0 radical (unpaired) electrons. The Hall–Kier alpha value is -0.120. The van der Waals surface area contributed by atoms with Crippen molar-refractivity contribution in [2.75, 3.05) is 26.3 Å². The van der Waals surface area contributed by atoms with E-state index in [1.165, 1.54) is 19.4 Å². The molecule has 0 aliphatic carbocycles. The molecule has 0 saturated carbocycles. The van der Waals surface area contributed by atoms with Gasteiger partial charge in [0, 0.05) is 19.2 Å². The van der Waals surface area contributed by atoms with E-state index in [0.29, 0.717) is 6.04 Å². The van der Waals surface area contributed by atoms with E-state index >= 15 is 0 Å². The van der Waals surface area contributed by atoms with Crippen LogP contribution in [0.15, 0.2) is 0 Å². The average molecular weight is 212 g/mol. The number of ether oxygens (including phenoxy) is 1. The van der Waals surface area contributed by atoms with E-state index in [2.05, 4.69) is 18.7 Å². The van der Waals surface area contributed by atoms with Gasteiger partial charge in [-0.1, -0.05) is 6.92 Å². The molecule has 0 aromatic rings. The van der Waals surface area contributed by atoms with Gasteiger partial charge >= 0.3 is 0 Å². The van der Waals surface area contributed by atoms with Crippen LogP contribution in [0.25, 0.3) is 0 Å². The zero-order valence-corrected chi connectivity index (χ0v) is 10.0. The van der Waals surface area contributed by atoms with Crippen molar-refractivity contribution < 1.29 is 4.74 Å². The summed E-state index contributed by atoms with van der Waals surface area (Å²) < 4.78 is 5.56. The second-order valence-electron chi connectivity index (χ2n) is 5.40. The lowest BCUT2D eigenvalue weighted by Crippen LogP contribution is -2.59. The molecule has 15 heavy (non-hydrogen) atoms. The smallest absolute Gasteiger partial charge is 0.0663 e. The first-order valence-corrected chi connectivity index (χ1v) is 6.22. The van der Waals surface area contributed by atoms with Crippen molar-refractivity contribution >= 4 is 0 Å². The monoisotopic (exact) mass is 212 g/mol. The van der Waals surface area contributed by atoms with Crippen LogP contribution >= 0.6 is 0 Å². The summed E-state index contributed by atoms with van der Waals surface area (Å²) >= 11 is 0. The summed E-state index contributed by atoms with van der Waals surface area (Å²) in [5, 5.41) is 0. The zero-order valence-electron chi connectivity index (χ0n) is 10.0. The Bertz CT molecular complexity index is 214. The highest BCUT2D eigenvalue weighted by atomic mass is 16.5. The standard InChI is InChI=1S/C12H24N2O/c1-10-3-5-14(11(2)7-10)12(8-13)4-6-15-9-12/h10-11H,3-9,13H2,1-2H3. The molecule has 3 nitrogen and oxygen atoms in total. The second kappa shape index (κ2) is 4.40. The van der Waals surface area contributed by atoms with E-state index in [0.717, 1.165) is 32.1 Å². The van der Waals surface area contributed by atoms with Crippen LogP contribution < -0.4 is 5.73 Å². The molecule has 0 spiro atoms. The minimum atomic E-state index is 0.152. The molecule has 2 fully saturated rings. The summed E-state index contributed by atoms with van der Waals surface area (Å²) in [6, 6.07) is 0.666. The average Bonchev–Trinajstić information content (AvgIpc) is 2.67. The van der Waals surface area contributed by atoms with Gasteiger partial charge in [0.1, 0.15) is 0 Å². The number of hydrogen-bond donors (Lipinski definition) is 1. The predicted molar refractivity (Wildman–Crippen MR) is 61.8 cm³/mol. The fraction of sp³-hybridized carbons (Fsp3) is 1.00. The van der Waals surface area contributed by atoms with E-state index in [1.54, 1.807) is 0 Å². The normalized spacial score (nSPS) is 43.4. The largest absolute Gasteiger partial charge is 0.379 e. The van der Waals surface area contributed by atoms with Gasteiger partial charge in [0.05, 0.1) is 12.1 Å². The third-order valence-electron chi connectivity index (χ3n) is 4.21. The summed E-state index contributed by atoms with van der Waals surface area (Å²) in [4.78, 5) is 2.61. The molecule has 2 N–H and O–H groups in total. The quantitative estimate of drug-likeness (QED) is 0.748. The maximum Gasteiger partial charge on any atom is 0.0663 e. The van der Waals surface area contributed by atoms with E-state index in [-0.39, 0.29) is 5.54 Å². The number of nitrogens with two attached hydrogens (primary N) is 1. The van der Waals surface area contributed by atoms with Crippen LogP contribution in [0.4, 0.5) is 0 Å². The van der Waals surface area contributed by atoms with Gasteiger partial charge in [-0.2, -0.15) is 0 Å². The van der Waals surface area contributed by atoms with Crippen molar-refractivity contribution in [1.82, 2.24) is 4.90 Å². The van der Waals surface area contributed by atoms with Gasteiger partial charge < -0.3 is 10.5 Å². The van der Waals surface area contributed by atoms with Crippen molar-refractivity contribution in [3.63, 3.8) is 0 Å². The number of likely N-dealkylation sites (tertiary alicyclic amines) is 1. The lowest BCUT2D eigenvalue weighted by Gasteiger charge is -2.47. The summed E-state index contributed by atoms with van der Waals surface area (Å²) in [7, 11) is 0. The van der Waals surface area contributed by atoms with Crippen molar-refractivity contribution in [2.45, 2.75) is 44.7 Å². The predicted octanol–water partition coefficient (Wildman–Crippen LogP) is 1.22. The van der Waals surface area contributed by atoms with Gasteiger partial charge in [0.25, 0.3) is 0 Å². The molecule has 3 heteroatoms. The van der Waals surface area contributed by atoms with E-state index in [1.807, 2.05) is 0 Å². The SMILES string of the molecule is CC1CCN(C2(CN)CCOC2)C(C)C1. The fourth-order valence-electron chi connectivity index (χ4n) is 3.21. The lowest BCUT2D eigenvalue weighted by atomic mass is 9.86. The van der Waals surface area contributed by atoms with Gasteiger partial charge in [-0.05, 0) is 38.6 Å². The highest BCUT2D eigenvalue weighted by Crippen LogP contribution is 2.33. The Morgan fingerprint density at radius 2 is 2.27 bits per heavy atom. The molecule has 0 bridgehead atoms.